The molecule has 10 rings (SSSR count). The average Bonchev–Trinajstić information content (AvgIpc) is 3.72. The Morgan fingerprint density at radius 3 is 2.04 bits per heavy atom. The summed E-state index contributed by atoms with van der Waals surface area (Å²) in [5.74, 6) is 0.862. The maximum absolute atomic E-state index is 6.31. The second-order valence-corrected chi connectivity index (χ2v) is 12.9. The molecule has 0 bridgehead atoms. The SMILES string of the molecule is c1ccc(C2=NC(c3cccc(-c4ccccc4)c3)NC(c3cccc(-n4c5ccccc5c5cc6oc7ccccc7c6cc54)c3)N2)cc1. The van der Waals surface area contributed by atoms with Gasteiger partial charge in [0.15, 0.2) is 0 Å². The van der Waals surface area contributed by atoms with Crippen molar-refractivity contribution in [3.63, 3.8) is 0 Å². The smallest absolute Gasteiger partial charge is 0.136 e. The molecule has 2 atom stereocenters. The molecule has 7 aromatic carbocycles. The van der Waals surface area contributed by atoms with Crippen LogP contribution in [0.2, 0.25) is 0 Å². The van der Waals surface area contributed by atoms with Crippen molar-refractivity contribution in [2.75, 3.05) is 0 Å². The van der Waals surface area contributed by atoms with E-state index in [2.05, 4.69) is 167 Å². The monoisotopic (exact) mass is 644 g/mol. The van der Waals surface area contributed by atoms with Crippen LogP contribution in [0.4, 0.5) is 0 Å². The molecule has 3 heterocycles. The van der Waals surface area contributed by atoms with E-state index in [0.29, 0.717) is 0 Å². The number of fused-ring (bicyclic) bond motifs is 6. The highest BCUT2D eigenvalue weighted by Crippen LogP contribution is 2.38. The summed E-state index contributed by atoms with van der Waals surface area (Å²) in [7, 11) is 0. The largest absolute Gasteiger partial charge is 0.456 e. The number of furan rings is 1. The van der Waals surface area contributed by atoms with E-state index in [1.165, 1.54) is 21.9 Å². The van der Waals surface area contributed by atoms with Crippen LogP contribution in [0.5, 0.6) is 0 Å². The molecule has 2 aromatic heterocycles. The summed E-state index contributed by atoms with van der Waals surface area (Å²) in [6, 6.07) is 59.8. The fourth-order valence-corrected chi connectivity index (χ4v) is 7.47. The summed E-state index contributed by atoms with van der Waals surface area (Å²) in [5, 5.41) is 12.2. The molecule has 50 heavy (non-hydrogen) atoms. The summed E-state index contributed by atoms with van der Waals surface area (Å²) in [4.78, 5) is 5.22. The van der Waals surface area contributed by atoms with Crippen molar-refractivity contribution in [1.29, 1.82) is 0 Å². The van der Waals surface area contributed by atoms with Gasteiger partial charge in [0.1, 0.15) is 29.3 Å². The topological polar surface area (TPSA) is 54.5 Å². The van der Waals surface area contributed by atoms with Crippen molar-refractivity contribution in [1.82, 2.24) is 15.2 Å². The van der Waals surface area contributed by atoms with E-state index < -0.39 is 0 Å². The van der Waals surface area contributed by atoms with E-state index in [1.54, 1.807) is 0 Å². The number of benzene rings is 7. The van der Waals surface area contributed by atoms with Gasteiger partial charge < -0.3 is 14.3 Å². The van der Waals surface area contributed by atoms with Crippen LogP contribution >= 0.6 is 0 Å². The minimum atomic E-state index is -0.250. The molecular weight excluding hydrogens is 613 g/mol. The average molecular weight is 645 g/mol. The first-order chi connectivity index (χ1) is 24.8. The highest BCUT2D eigenvalue weighted by molar-refractivity contribution is 6.17. The lowest BCUT2D eigenvalue weighted by molar-refractivity contribution is 0.409. The van der Waals surface area contributed by atoms with E-state index in [4.69, 9.17) is 9.41 Å². The molecule has 0 saturated carbocycles. The van der Waals surface area contributed by atoms with Crippen LogP contribution in [0.25, 0.3) is 60.6 Å². The van der Waals surface area contributed by atoms with Crippen LogP contribution < -0.4 is 10.6 Å². The second kappa shape index (κ2) is 11.6. The van der Waals surface area contributed by atoms with E-state index in [1.807, 2.05) is 18.2 Å². The molecule has 0 radical (unpaired) electrons. The van der Waals surface area contributed by atoms with E-state index >= 15 is 0 Å². The highest BCUT2D eigenvalue weighted by Gasteiger charge is 2.26. The molecular formula is C45H32N4O. The van der Waals surface area contributed by atoms with Gasteiger partial charge in [0.25, 0.3) is 0 Å². The van der Waals surface area contributed by atoms with Gasteiger partial charge >= 0.3 is 0 Å². The first kappa shape index (κ1) is 28.6. The maximum Gasteiger partial charge on any atom is 0.136 e. The Hall–Kier alpha value is -6.43. The molecule has 0 saturated heterocycles. The Morgan fingerprint density at radius 2 is 1.18 bits per heavy atom. The Kier molecular flexibility index (Phi) is 6.64. The van der Waals surface area contributed by atoms with Gasteiger partial charge in [-0.05, 0) is 64.7 Å². The number of hydrogen-bond acceptors (Lipinski definition) is 4. The van der Waals surface area contributed by atoms with Gasteiger partial charge in [-0.25, -0.2) is 4.99 Å². The third-order valence-electron chi connectivity index (χ3n) is 9.85. The predicted octanol–water partition coefficient (Wildman–Crippen LogP) is 10.7. The summed E-state index contributed by atoms with van der Waals surface area (Å²) in [6.45, 7) is 0. The zero-order valence-electron chi connectivity index (χ0n) is 27.1. The summed E-state index contributed by atoms with van der Waals surface area (Å²) in [5.41, 5.74) is 10.8. The third-order valence-corrected chi connectivity index (χ3v) is 9.85. The number of para-hydroxylation sites is 2. The molecule has 0 fully saturated rings. The highest BCUT2D eigenvalue weighted by atomic mass is 16.3. The molecule has 0 amide bonds. The van der Waals surface area contributed by atoms with Crippen molar-refractivity contribution in [3.05, 3.63) is 187 Å². The number of aromatic nitrogens is 1. The number of aliphatic imine (C=N–C) groups is 1. The van der Waals surface area contributed by atoms with Crippen LogP contribution in [0.1, 0.15) is 29.0 Å². The van der Waals surface area contributed by atoms with Crippen molar-refractivity contribution in [2.45, 2.75) is 12.3 Å². The normalized spacial score (nSPS) is 16.2. The van der Waals surface area contributed by atoms with Crippen molar-refractivity contribution >= 4 is 49.6 Å². The minimum Gasteiger partial charge on any atom is -0.456 e. The van der Waals surface area contributed by atoms with Crippen LogP contribution in [0.15, 0.2) is 179 Å². The Morgan fingerprint density at radius 1 is 0.480 bits per heavy atom. The van der Waals surface area contributed by atoms with E-state index in [9.17, 15) is 0 Å². The van der Waals surface area contributed by atoms with Gasteiger partial charge in [-0.15, -0.1) is 0 Å². The van der Waals surface area contributed by atoms with Crippen molar-refractivity contribution < 1.29 is 4.42 Å². The number of amidine groups is 1. The van der Waals surface area contributed by atoms with Crippen LogP contribution in [0.3, 0.4) is 0 Å². The van der Waals surface area contributed by atoms with E-state index in [-0.39, 0.29) is 12.3 Å². The number of rotatable bonds is 5. The molecule has 0 spiro atoms. The third kappa shape index (κ3) is 4.79. The molecule has 9 aromatic rings. The Balaban J connectivity index is 1.10. The molecule has 2 unspecified atom stereocenters. The summed E-state index contributed by atoms with van der Waals surface area (Å²) >= 11 is 0. The summed E-state index contributed by atoms with van der Waals surface area (Å²) in [6.07, 6.45) is -0.440. The molecule has 2 N–H and O–H groups in total. The molecule has 5 nitrogen and oxygen atoms in total. The quantitative estimate of drug-likeness (QED) is 0.196. The van der Waals surface area contributed by atoms with Crippen LogP contribution in [0, 0.1) is 0 Å². The fourth-order valence-electron chi connectivity index (χ4n) is 7.47. The molecule has 238 valence electrons. The zero-order valence-corrected chi connectivity index (χ0v) is 27.1. The van der Waals surface area contributed by atoms with Gasteiger partial charge in [0.05, 0.1) is 11.0 Å². The second-order valence-electron chi connectivity index (χ2n) is 12.9. The van der Waals surface area contributed by atoms with Gasteiger partial charge in [0.2, 0.25) is 0 Å². The van der Waals surface area contributed by atoms with E-state index in [0.717, 1.165) is 61.2 Å². The Bertz CT molecular complexity index is 2720. The number of nitrogens with zero attached hydrogens (tertiary/aromatic N) is 2. The zero-order chi connectivity index (χ0) is 33.0. The van der Waals surface area contributed by atoms with Gasteiger partial charge in [0, 0.05) is 32.8 Å². The number of nitrogens with one attached hydrogen (secondary N) is 2. The molecule has 1 aliphatic heterocycles. The predicted molar refractivity (Wildman–Crippen MR) is 205 cm³/mol. The lowest BCUT2D eigenvalue weighted by Gasteiger charge is -2.32. The van der Waals surface area contributed by atoms with Crippen LogP contribution in [-0.2, 0) is 0 Å². The minimum absolute atomic E-state index is 0.189. The molecule has 1 aliphatic rings. The maximum atomic E-state index is 6.31. The summed E-state index contributed by atoms with van der Waals surface area (Å²) < 4.78 is 8.69. The standard InChI is InChI=1S/C45H32N4O/c1-3-13-29(14-4-1)31-17-11-18-32(25-31)44-46-43(30-15-5-2-6-16-30)47-45(48-44)33-19-12-20-34(26-33)49-39-23-9-7-21-35(39)37-28-42-38(27-40(37)49)36-22-8-10-24-41(36)50-42/h1-28,44-45,48H,(H,46,47). The van der Waals surface area contributed by atoms with Gasteiger partial charge in [-0.1, -0.05) is 127 Å². The van der Waals surface area contributed by atoms with Crippen LogP contribution in [-0.4, -0.2) is 10.4 Å². The molecule has 0 aliphatic carbocycles. The number of hydrogen-bond donors (Lipinski definition) is 2. The molecule has 5 heteroatoms. The van der Waals surface area contributed by atoms with Crippen molar-refractivity contribution in [2.24, 2.45) is 4.99 Å². The lowest BCUT2D eigenvalue weighted by atomic mass is 10.0. The Labute approximate surface area is 289 Å². The van der Waals surface area contributed by atoms with Crippen molar-refractivity contribution in [3.8, 4) is 16.8 Å². The first-order valence-electron chi connectivity index (χ1n) is 17.0. The van der Waals surface area contributed by atoms with Gasteiger partial charge in [-0.2, -0.15) is 0 Å². The van der Waals surface area contributed by atoms with Gasteiger partial charge in [-0.3, -0.25) is 5.32 Å². The first-order valence-corrected chi connectivity index (χ1v) is 17.0. The fraction of sp³-hybridized carbons (Fsp3) is 0.0444. The lowest BCUT2D eigenvalue weighted by Crippen LogP contribution is -2.45.